The maximum absolute atomic E-state index is 14.5. The van der Waals surface area contributed by atoms with E-state index in [1.54, 1.807) is 23.9 Å². The monoisotopic (exact) mass is 486 g/mol. The summed E-state index contributed by atoms with van der Waals surface area (Å²) in [6.07, 6.45) is 0. The quantitative estimate of drug-likeness (QED) is 0.423. The smallest absolute Gasteiger partial charge is 0.264 e. The lowest BCUT2D eigenvalue weighted by Gasteiger charge is -2.24. The minimum Gasteiger partial charge on any atom is -0.354 e. The summed E-state index contributed by atoms with van der Waals surface area (Å²) in [7, 11) is -4.14. The van der Waals surface area contributed by atoms with Gasteiger partial charge in [0.2, 0.25) is 5.91 Å². The van der Waals surface area contributed by atoms with Gasteiger partial charge in [0.15, 0.2) is 0 Å². The van der Waals surface area contributed by atoms with Gasteiger partial charge in [-0.15, -0.1) is 0 Å². The molecule has 3 aromatic carbocycles. The lowest BCUT2D eigenvalue weighted by Crippen LogP contribution is -2.41. The number of carbonyl (C=O) groups excluding carboxylic acids is 1. The standard InChI is InChI=1S/C25H27FN2O3S2/c1-19-10-12-22(13-11-19)33(30,31)28(24-9-4-3-8-23(24)26)17-25(29)27-14-15-32-18-21-7-5-6-20(2)16-21/h3-13,16H,14-15,17-18H2,1-2H3,(H,27,29). The number of carbonyl (C=O) groups is 1. The molecule has 3 rings (SSSR count). The van der Waals surface area contributed by atoms with Crippen molar-refractivity contribution in [1.29, 1.82) is 0 Å². The third-order valence-electron chi connectivity index (χ3n) is 4.94. The van der Waals surface area contributed by atoms with E-state index in [1.165, 1.54) is 47.5 Å². The third kappa shape index (κ3) is 6.82. The lowest BCUT2D eigenvalue weighted by molar-refractivity contribution is -0.119. The molecule has 174 valence electrons. The molecular weight excluding hydrogens is 459 g/mol. The van der Waals surface area contributed by atoms with E-state index < -0.39 is 28.3 Å². The molecule has 0 aliphatic carbocycles. The fourth-order valence-corrected chi connectivity index (χ4v) is 5.47. The summed E-state index contributed by atoms with van der Waals surface area (Å²) in [5.74, 6) is 0.282. The minimum atomic E-state index is -4.14. The second-order valence-corrected chi connectivity index (χ2v) is 10.6. The lowest BCUT2D eigenvalue weighted by atomic mass is 10.2. The van der Waals surface area contributed by atoms with Crippen LogP contribution in [0.15, 0.2) is 77.7 Å². The number of hydrogen-bond donors (Lipinski definition) is 1. The molecule has 1 N–H and O–H groups in total. The molecule has 0 saturated heterocycles. The van der Waals surface area contributed by atoms with E-state index in [0.29, 0.717) is 12.3 Å². The van der Waals surface area contributed by atoms with Gasteiger partial charge >= 0.3 is 0 Å². The maximum Gasteiger partial charge on any atom is 0.264 e. The predicted octanol–water partition coefficient (Wildman–Crippen LogP) is 4.69. The molecule has 8 heteroatoms. The van der Waals surface area contributed by atoms with Gasteiger partial charge in [-0.05, 0) is 43.7 Å². The molecule has 0 spiro atoms. The van der Waals surface area contributed by atoms with Crippen LogP contribution in [0.1, 0.15) is 16.7 Å². The average molecular weight is 487 g/mol. The first-order chi connectivity index (χ1) is 15.8. The van der Waals surface area contributed by atoms with Crippen molar-refractivity contribution in [2.75, 3.05) is 23.1 Å². The van der Waals surface area contributed by atoms with Gasteiger partial charge in [0.05, 0.1) is 10.6 Å². The van der Waals surface area contributed by atoms with Crippen LogP contribution in [-0.2, 0) is 20.6 Å². The van der Waals surface area contributed by atoms with Crippen molar-refractivity contribution in [3.8, 4) is 0 Å². The van der Waals surface area contributed by atoms with Crippen LogP contribution in [0.25, 0.3) is 0 Å². The maximum atomic E-state index is 14.5. The van der Waals surface area contributed by atoms with Gasteiger partial charge in [-0.2, -0.15) is 11.8 Å². The van der Waals surface area contributed by atoms with Gasteiger partial charge in [-0.3, -0.25) is 9.10 Å². The summed E-state index contributed by atoms with van der Waals surface area (Å²) in [4.78, 5) is 12.6. The fourth-order valence-electron chi connectivity index (χ4n) is 3.23. The molecule has 0 heterocycles. The molecule has 33 heavy (non-hydrogen) atoms. The van der Waals surface area contributed by atoms with E-state index in [-0.39, 0.29) is 10.6 Å². The summed E-state index contributed by atoms with van der Waals surface area (Å²) in [5.41, 5.74) is 3.14. The van der Waals surface area contributed by atoms with Crippen LogP contribution < -0.4 is 9.62 Å². The zero-order valence-electron chi connectivity index (χ0n) is 18.6. The van der Waals surface area contributed by atoms with Crippen molar-refractivity contribution in [2.45, 2.75) is 24.5 Å². The second kappa shape index (κ2) is 11.3. The van der Waals surface area contributed by atoms with Crippen LogP contribution in [0.3, 0.4) is 0 Å². The molecule has 0 atom stereocenters. The third-order valence-corrected chi connectivity index (χ3v) is 7.74. The van der Waals surface area contributed by atoms with E-state index in [4.69, 9.17) is 0 Å². The Morgan fingerprint density at radius 2 is 1.70 bits per heavy atom. The first-order valence-electron chi connectivity index (χ1n) is 10.5. The zero-order valence-corrected chi connectivity index (χ0v) is 20.3. The number of hydrogen-bond acceptors (Lipinski definition) is 4. The van der Waals surface area contributed by atoms with Gasteiger partial charge in [-0.25, -0.2) is 12.8 Å². The normalized spacial score (nSPS) is 11.2. The molecule has 1 amide bonds. The highest BCUT2D eigenvalue weighted by Crippen LogP contribution is 2.26. The molecule has 5 nitrogen and oxygen atoms in total. The zero-order chi connectivity index (χ0) is 23.8. The SMILES string of the molecule is Cc1ccc(S(=O)(=O)N(CC(=O)NCCSCc2cccc(C)c2)c2ccccc2F)cc1. The van der Waals surface area contributed by atoms with E-state index in [1.807, 2.05) is 26.0 Å². The molecule has 0 saturated carbocycles. The summed E-state index contributed by atoms with van der Waals surface area (Å²) in [6.45, 7) is 3.75. The van der Waals surface area contributed by atoms with Gasteiger partial charge in [0.25, 0.3) is 10.0 Å². The molecule has 0 aliphatic heterocycles. The van der Waals surface area contributed by atoms with Gasteiger partial charge in [-0.1, -0.05) is 59.7 Å². The Morgan fingerprint density at radius 3 is 2.39 bits per heavy atom. The van der Waals surface area contributed by atoms with Gasteiger partial charge in [0.1, 0.15) is 12.4 Å². The van der Waals surface area contributed by atoms with Crippen LogP contribution in [0.5, 0.6) is 0 Å². The highest BCUT2D eigenvalue weighted by Gasteiger charge is 2.29. The Bertz CT molecular complexity index is 1200. The van der Waals surface area contributed by atoms with Crippen molar-refractivity contribution >= 4 is 33.4 Å². The van der Waals surface area contributed by atoms with Crippen LogP contribution in [0, 0.1) is 19.7 Å². The summed E-state index contributed by atoms with van der Waals surface area (Å²) in [6, 6.07) is 20.0. The molecule has 0 aliphatic rings. The number of para-hydroxylation sites is 1. The number of anilines is 1. The summed E-state index contributed by atoms with van der Waals surface area (Å²) >= 11 is 1.67. The van der Waals surface area contributed by atoms with E-state index >= 15 is 0 Å². The van der Waals surface area contributed by atoms with Crippen LogP contribution in [0.4, 0.5) is 10.1 Å². The van der Waals surface area contributed by atoms with Crippen LogP contribution in [0.2, 0.25) is 0 Å². The molecular formula is C25H27FN2O3S2. The number of benzene rings is 3. The minimum absolute atomic E-state index is 0.00198. The predicted molar refractivity (Wildman–Crippen MR) is 132 cm³/mol. The highest BCUT2D eigenvalue weighted by molar-refractivity contribution is 7.98. The van der Waals surface area contributed by atoms with Crippen LogP contribution >= 0.6 is 11.8 Å². The first kappa shape index (κ1) is 24.8. The van der Waals surface area contributed by atoms with Crippen molar-refractivity contribution in [3.05, 3.63) is 95.3 Å². The Kier molecular flexibility index (Phi) is 8.52. The van der Waals surface area contributed by atoms with E-state index in [9.17, 15) is 17.6 Å². The Morgan fingerprint density at radius 1 is 0.970 bits per heavy atom. The number of amides is 1. The number of sulfonamides is 1. The molecule has 0 aromatic heterocycles. The van der Waals surface area contributed by atoms with E-state index in [2.05, 4.69) is 17.4 Å². The van der Waals surface area contributed by atoms with Crippen molar-refractivity contribution in [2.24, 2.45) is 0 Å². The Balaban J connectivity index is 1.65. The Hall–Kier alpha value is -2.84. The number of aryl methyl sites for hydroxylation is 2. The van der Waals surface area contributed by atoms with Gasteiger partial charge in [0, 0.05) is 18.1 Å². The second-order valence-electron chi connectivity index (χ2n) is 7.67. The Labute approximate surface area is 199 Å². The largest absolute Gasteiger partial charge is 0.354 e. The summed E-state index contributed by atoms with van der Waals surface area (Å²) < 4.78 is 41.9. The van der Waals surface area contributed by atoms with Gasteiger partial charge < -0.3 is 5.32 Å². The number of thioether (sulfide) groups is 1. The molecule has 0 unspecified atom stereocenters. The van der Waals surface area contributed by atoms with E-state index in [0.717, 1.165) is 15.6 Å². The molecule has 0 bridgehead atoms. The summed E-state index contributed by atoms with van der Waals surface area (Å²) in [5, 5.41) is 2.74. The molecule has 3 aromatic rings. The van der Waals surface area contributed by atoms with Crippen molar-refractivity contribution < 1.29 is 17.6 Å². The van der Waals surface area contributed by atoms with Crippen molar-refractivity contribution in [3.63, 3.8) is 0 Å². The highest BCUT2D eigenvalue weighted by atomic mass is 32.2. The molecule has 0 fully saturated rings. The number of nitrogens with zero attached hydrogens (tertiary/aromatic N) is 1. The first-order valence-corrected chi connectivity index (χ1v) is 13.1. The molecule has 0 radical (unpaired) electrons. The number of halogens is 1. The fraction of sp³-hybridized carbons (Fsp3) is 0.240. The number of rotatable bonds is 10. The number of nitrogens with one attached hydrogen (secondary N) is 1. The van der Waals surface area contributed by atoms with Crippen LogP contribution in [-0.4, -0.2) is 33.2 Å². The van der Waals surface area contributed by atoms with Crippen molar-refractivity contribution in [1.82, 2.24) is 5.32 Å². The average Bonchev–Trinajstić information content (AvgIpc) is 2.78. The topological polar surface area (TPSA) is 66.5 Å².